The Morgan fingerprint density at radius 3 is 2.22 bits per heavy atom. The monoisotopic (exact) mass is 565 g/mol. The van der Waals surface area contributed by atoms with Crippen LogP contribution in [0.4, 0.5) is 13.2 Å². The molecule has 0 radical (unpaired) electrons. The van der Waals surface area contributed by atoms with Crippen LogP contribution in [0.5, 0.6) is 5.75 Å². The van der Waals surface area contributed by atoms with Crippen LogP contribution in [0.1, 0.15) is 37.9 Å². The van der Waals surface area contributed by atoms with Gasteiger partial charge < -0.3 is 8.92 Å². The number of alkyl halides is 3. The number of sulfonamides is 1. The van der Waals surface area contributed by atoms with Gasteiger partial charge in [-0.05, 0) is 73.0 Å². The number of hydrogen-bond acceptors (Lipinski definition) is 8. The van der Waals surface area contributed by atoms with Crippen LogP contribution in [0.3, 0.4) is 0 Å². The van der Waals surface area contributed by atoms with Crippen molar-refractivity contribution in [2.24, 2.45) is 0 Å². The van der Waals surface area contributed by atoms with E-state index in [9.17, 15) is 34.8 Å². The smallest absolute Gasteiger partial charge is 0.459 e. The third-order valence-electron chi connectivity index (χ3n) is 4.52. The van der Waals surface area contributed by atoms with Gasteiger partial charge in [0.05, 0.1) is 5.75 Å². The lowest BCUT2D eigenvalue weighted by Gasteiger charge is -2.25. The molecule has 0 aliphatic rings. The lowest BCUT2D eigenvalue weighted by Crippen LogP contribution is -2.38. The highest BCUT2D eigenvalue weighted by Crippen LogP contribution is 2.29. The topological polar surface area (TPSA) is 116 Å². The molecular formula is C22H22F3NO7S3. The molecule has 0 aliphatic heterocycles. The van der Waals surface area contributed by atoms with Crippen molar-refractivity contribution in [1.82, 2.24) is 4.72 Å². The lowest BCUT2D eigenvalue weighted by atomic mass is 10.1. The molecule has 0 bridgehead atoms. The zero-order chi connectivity index (χ0) is 26.9. The standard InChI is InChI=1S/C22H22F3NO7S3/c1-21(2,3)32-20(27)19(15-5-7-17(8-6-15)33-36(30,31)22(23,24)25)26-35(28,29)13-14-4-9-18-16(12-14)10-11-34-18/h4-12,19,26H,13H2,1-3H3/t19-/m1/s1. The Kier molecular flexibility index (Phi) is 7.75. The molecular weight excluding hydrogens is 543 g/mol. The zero-order valence-electron chi connectivity index (χ0n) is 19.2. The van der Waals surface area contributed by atoms with Crippen LogP contribution >= 0.6 is 11.3 Å². The van der Waals surface area contributed by atoms with Crippen molar-refractivity contribution in [2.45, 2.75) is 43.7 Å². The van der Waals surface area contributed by atoms with Gasteiger partial charge in [-0.25, -0.2) is 13.2 Å². The minimum Gasteiger partial charge on any atom is -0.459 e. The van der Waals surface area contributed by atoms with Crippen LogP contribution in [0.25, 0.3) is 10.1 Å². The van der Waals surface area contributed by atoms with Crippen LogP contribution in [0, 0.1) is 0 Å². The summed E-state index contributed by atoms with van der Waals surface area (Å²) in [7, 11) is -10.0. The van der Waals surface area contributed by atoms with Crippen molar-refractivity contribution in [3.05, 3.63) is 65.0 Å². The van der Waals surface area contributed by atoms with Crippen LogP contribution in [0.15, 0.2) is 53.9 Å². The summed E-state index contributed by atoms with van der Waals surface area (Å²) in [6.07, 6.45) is 0. The number of fused-ring (bicyclic) bond motifs is 1. The summed E-state index contributed by atoms with van der Waals surface area (Å²) in [5.41, 5.74) is -6.14. The predicted octanol–water partition coefficient (Wildman–Crippen LogP) is 4.63. The van der Waals surface area contributed by atoms with Crippen molar-refractivity contribution in [2.75, 3.05) is 0 Å². The van der Waals surface area contributed by atoms with E-state index in [2.05, 4.69) is 8.91 Å². The molecule has 0 spiro atoms. The second-order valence-corrected chi connectivity index (χ2v) is 12.9. The van der Waals surface area contributed by atoms with E-state index in [4.69, 9.17) is 4.74 Å². The predicted molar refractivity (Wildman–Crippen MR) is 128 cm³/mol. The van der Waals surface area contributed by atoms with Gasteiger partial charge in [-0.2, -0.15) is 26.3 Å². The molecule has 0 saturated heterocycles. The highest BCUT2D eigenvalue weighted by molar-refractivity contribution is 7.88. The third-order valence-corrected chi connectivity index (χ3v) is 7.70. The molecule has 0 aliphatic carbocycles. The zero-order valence-corrected chi connectivity index (χ0v) is 21.6. The van der Waals surface area contributed by atoms with Crippen molar-refractivity contribution in [1.29, 1.82) is 0 Å². The number of nitrogens with one attached hydrogen (secondary N) is 1. The normalized spacial score (nSPS) is 13.9. The number of carbonyl (C=O) groups excluding carboxylic acids is 1. The molecule has 1 heterocycles. The number of thiophene rings is 1. The van der Waals surface area contributed by atoms with Gasteiger partial charge in [0.15, 0.2) is 0 Å². The minimum atomic E-state index is -5.90. The molecule has 8 nitrogen and oxygen atoms in total. The summed E-state index contributed by atoms with van der Waals surface area (Å²) in [6, 6.07) is 9.29. The fourth-order valence-electron chi connectivity index (χ4n) is 3.05. The fraction of sp³-hybridized carbons (Fsp3) is 0.318. The molecule has 1 N–H and O–H groups in total. The lowest BCUT2D eigenvalue weighted by molar-refractivity contribution is -0.157. The largest absolute Gasteiger partial charge is 0.534 e. The molecule has 14 heteroatoms. The Morgan fingerprint density at radius 1 is 1.00 bits per heavy atom. The van der Waals surface area contributed by atoms with E-state index in [0.29, 0.717) is 5.56 Å². The summed E-state index contributed by atoms with van der Waals surface area (Å²) in [6.45, 7) is 4.72. The molecule has 1 atom stereocenters. The van der Waals surface area contributed by atoms with E-state index in [1.807, 2.05) is 11.4 Å². The van der Waals surface area contributed by atoms with Crippen molar-refractivity contribution in [3.63, 3.8) is 0 Å². The summed E-state index contributed by atoms with van der Waals surface area (Å²) in [5, 5.41) is 2.73. The minimum absolute atomic E-state index is 0.00197. The molecule has 0 amide bonds. The van der Waals surface area contributed by atoms with Gasteiger partial charge >= 0.3 is 21.6 Å². The molecule has 36 heavy (non-hydrogen) atoms. The highest BCUT2D eigenvalue weighted by Gasteiger charge is 2.48. The Labute approximate surface area is 210 Å². The first kappa shape index (κ1) is 27.9. The number of halogens is 3. The van der Waals surface area contributed by atoms with E-state index < -0.39 is 54.8 Å². The Balaban J connectivity index is 1.87. The number of rotatable bonds is 8. The molecule has 196 valence electrons. The van der Waals surface area contributed by atoms with Crippen molar-refractivity contribution < 1.29 is 43.7 Å². The molecule has 3 rings (SSSR count). The molecule has 0 unspecified atom stereocenters. The van der Waals surface area contributed by atoms with Gasteiger partial charge in [-0.1, -0.05) is 18.2 Å². The first-order valence-corrected chi connectivity index (χ1v) is 14.2. The summed E-state index contributed by atoms with van der Waals surface area (Å²) >= 11 is 1.50. The number of benzene rings is 2. The third kappa shape index (κ3) is 7.18. The maximum absolute atomic E-state index is 12.9. The number of ether oxygens (including phenoxy) is 1. The second kappa shape index (κ2) is 10.00. The van der Waals surface area contributed by atoms with E-state index >= 15 is 0 Å². The Bertz CT molecular complexity index is 1460. The maximum Gasteiger partial charge on any atom is 0.534 e. The van der Waals surface area contributed by atoms with Crippen LogP contribution in [-0.4, -0.2) is 33.9 Å². The van der Waals surface area contributed by atoms with Crippen molar-refractivity contribution >= 4 is 47.5 Å². The average Bonchev–Trinajstić information content (AvgIpc) is 3.18. The van der Waals surface area contributed by atoms with E-state index in [-0.39, 0.29) is 5.56 Å². The molecule has 1 aromatic heterocycles. The van der Waals surface area contributed by atoms with Gasteiger partial charge in [-0.3, -0.25) is 0 Å². The van der Waals surface area contributed by atoms with Gasteiger partial charge in [0.25, 0.3) is 0 Å². The number of hydrogen-bond donors (Lipinski definition) is 1. The Hall–Kier alpha value is -2.68. The molecule has 2 aromatic carbocycles. The average molecular weight is 566 g/mol. The number of carbonyl (C=O) groups is 1. The van der Waals surface area contributed by atoms with Gasteiger partial charge in [-0.15, -0.1) is 11.3 Å². The van der Waals surface area contributed by atoms with E-state index in [1.165, 1.54) is 11.3 Å². The molecule has 0 fully saturated rings. The van der Waals surface area contributed by atoms with E-state index in [1.54, 1.807) is 39.0 Å². The molecule has 0 saturated carbocycles. The number of esters is 1. The second-order valence-electron chi connectivity index (χ2n) is 8.69. The molecule has 3 aromatic rings. The maximum atomic E-state index is 12.9. The van der Waals surface area contributed by atoms with Crippen LogP contribution in [0.2, 0.25) is 0 Å². The van der Waals surface area contributed by atoms with Gasteiger partial charge in [0, 0.05) is 4.70 Å². The SMILES string of the molecule is CC(C)(C)OC(=O)[C@H](NS(=O)(=O)Cc1ccc2sccc2c1)c1ccc(OS(=O)(=O)C(F)(F)F)cc1. The van der Waals surface area contributed by atoms with Gasteiger partial charge in [0.1, 0.15) is 17.4 Å². The van der Waals surface area contributed by atoms with Gasteiger partial charge in [0.2, 0.25) is 10.0 Å². The van der Waals surface area contributed by atoms with E-state index in [0.717, 1.165) is 34.4 Å². The quantitative estimate of drug-likeness (QED) is 0.241. The first-order valence-electron chi connectivity index (χ1n) is 10.3. The van der Waals surface area contributed by atoms with Crippen LogP contribution in [-0.2, 0) is 35.4 Å². The fourth-order valence-corrected chi connectivity index (χ4v) is 5.57. The Morgan fingerprint density at radius 2 is 1.64 bits per heavy atom. The first-order chi connectivity index (χ1) is 16.5. The summed E-state index contributed by atoms with van der Waals surface area (Å²) in [5.74, 6) is -2.09. The van der Waals surface area contributed by atoms with Crippen LogP contribution < -0.4 is 8.91 Å². The highest BCUT2D eigenvalue weighted by atomic mass is 32.2. The summed E-state index contributed by atoms with van der Waals surface area (Å²) < 4.78 is 98.7. The summed E-state index contributed by atoms with van der Waals surface area (Å²) in [4.78, 5) is 12.9. The van der Waals surface area contributed by atoms with Crippen molar-refractivity contribution in [3.8, 4) is 5.75 Å².